The summed E-state index contributed by atoms with van der Waals surface area (Å²) in [4.78, 5) is 27.4. The smallest absolute Gasteiger partial charge is 0.444 e. The lowest BCUT2D eigenvalue weighted by Gasteiger charge is -2.32. The SMILES string of the molecule is CC(C)(C)OC(=O)NC1CCN(C(=O)c2ccc(B3OC(C)(C)C(C)(C)O3)c(-c3ccc(C#N)c(F)c3)c2)C1. The standard InChI is InChI=1S/C29H35BFN3O5/c1-27(2,3)37-26(36)33-21-12-13-34(17-21)25(35)19-10-11-23(30-38-28(4,5)29(6,7)39-30)22(14-19)18-8-9-20(16-32)24(31)15-18/h8-11,14-15,21H,12-13,17H2,1-7H3,(H,33,36). The fourth-order valence-electron chi connectivity index (χ4n) is 4.61. The molecule has 2 aromatic rings. The minimum atomic E-state index is -0.734. The van der Waals surface area contributed by atoms with Gasteiger partial charge in [-0.25, -0.2) is 9.18 Å². The lowest BCUT2D eigenvalue weighted by molar-refractivity contribution is 0.00578. The molecule has 8 nitrogen and oxygen atoms in total. The van der Waals surface area contributed by atoms with Crippen molar-refractivity contribution in [3.8, 4) is 17.2 Å². The second-order valence-corrected chi connectivity index (χ2v) is 12.1. The molecule has 2 amide bonds. The van der Waals surface area contributed by atoms with E-state index in [0.717, 1.165) is 0 Å². The van der Waals surface area contributed by atoms with E-state index >= 15 is 0 Å². The van der Waals surface area contributed by atoms with E-state index in [4.69, 9.17) is 14.0 Å². The van der Waals surface area contributed by atoms with E-state index in [1.54, 1.807) is 49.9 Å². The van der Waals surface area contributed by atoms with Crippen LogP contribution >= 0.6 is 0 Å². The van der Waals surface area contributed by atoms with Crippen LogP contribution in [0.25, 0.3) is 11.1 Å². The summed E-state index contributed by atoms with van der Waals surface area (Å²) in [5, 5.41) is 12.0. The van der Waals surface area contributed by atoms with Crippen molar-refractivity contribution in [2.24, 2.45) is 0 Å². The maximum atomic E-state index is 14.6. The van der Waals surface area contributed by atoms with E-state index in [-0.39, 0.29) is 17.5 Å². The minimum Gasteiger partial charge on any atom is -0.444 e. The van der Waals surface area contributed by atoms with Crippen molar-refractivity contribution in [1.29, 1.82) is 5.26 Å². The zero-order chi connectivity index (χ0) is 28.8. The van der Waals surface area contributed by atoms with Crippen LogP contribution in [-0.4, -0.2) is 60.0 Å². The molecule has 0 aromatic heterocycles. The number of carbonyl (C=O) groups excluding carboxylic acids is 2. The molecule has 2 saturated heterocycles. The number of nitrogens with one attached hydrogen (secondary N) is 1. The number of nitrogens with zero attached hydrogens (tertiary/aromatic N) is 2. The van der Waals surface area contributed by atoms with Gasteiger partial charge in [0.1, 0.15) is 17.5 Å². The van der Waals surface area contributed by atoms with Crippen LogP contribution in [0.2, 0.25) is 0 Å². The molecule has 2 aromatic carbocycles. The van der Waals surface area contributed by atoms with Crippen LogP contribution in [0.4, 0.5) is 9.18 Å². The second-order valence-electron chi connectivity index (χ2n) is 12.1. The van der Waals surface area contributed by atoms with Crippen molar-refractivity contribution in [1.82, 2.24) is 10.2 Å². The van der Waals surface area contributed by atoms with E-state index in [2.05, 4.69) is 5.32 Å². The highest BCUT2D eigenvalue weighted by atomic mass is 19.1. The van der Waals surface area contributed by atoms with Gasteiger partial charge in [-0.1, -0.05) is 12.1 Å². The van der Waals surface area contributed by atoms with Gasteiger partial charge in [-0.05, 0) is 95.7 Å². The van der Waals surface area contributed by atoms with Crippen LogP contribution in [0.15, 0.2) is 36.4 Å². The molecule has 0 saturated carbocycles. The molecule has 4 rings (SSSR count). The summed E-state index contributed by atoms with van der Waals surface area (Å²) in [6, 6.07) is 11.2. The van der Waals surface area contributed by atoms with Crippen molar-refractivity contribution in [2.45, 2.75) is 77.7 Å². The Labute approximate surface area is 229 Å². The highest BCUT2D eigenvalue weighted by molar-refractivity contribution is 6.64. The molecule has 2 fully saturated rings. The van der Waals surface area contributed by atoms with E-state index in [1.807, 2.05) is 33.8 Å². The Balaban J connectivity index is 1.62. The van der Waals surface area contributed by atoms with Crippen LogP contribution < -0.4 is 10.8 Å². The van der Waals surface area contributed by atoms with Crippen LogP contribution in [-0.2, 0) is 14.0 Å². The number of carbonyl (C=O) groups is 2. The Kier molecular flexibility index (Phi) is 7.54. The molecule has 206 valence electrons. The second kappa shape index (κ2) is 10.3. The number of amides is 2. The average Bonchev–Trinajstić information content (AvgIpc) is 3.37. The van der Waals surface area contributed by atoms with Gasteiger partial charge in [-0.2, -0.15) is 5.26 Å². The Bertz CT molecular complexity index is 1320. The first kappa shape index (κ1) is 28.6. The lowest BCUT2D eigenvalue weighted by atomic mass is 9.73. The van der Waals surface area contributed by atoms with Gasteiger partial charge in [0, 0.05) is 18.7 Å². The number of hydrogen-bond acceptors (Lipinski definition) is 6. The molecule has 0 bridgehead atoms. The first-order valence-electron chi connectivity index (χ1n) is 13.1. The van der Waals surface area contributed by atoms with Crippen molar-refractivity contribution in [3.63, 3.8) is 0 Å². The number of benzene rings is 2. The number of halogens is 1. The molecule has 0 spiro atoms. The number of nitriles is 1. The summed E-state index contributed by atoms with van der Waals surface area (Å²) >= 11 is 0. The highest BCUT2D eigenvalue weighted by Crippen LogP contribution is 2.37. The van der Waals surface area contributed by atoms with Crippen LogP contribution in [0.3, 0.4) is 0 Å². The summed E-state index contributed by atoms with van der Waals surface area (Å²) in [5.41, 5.74) is 0.271. The summed E-state index contributed by atoms with van der Waals surface area (Å²) in [5.74, 6) is -0.860. The molecule has 1 atom stereocenters. The highest BCUT2D eigenvalue weighted by Gasteiger charge is 2.52. The minimum absolute atomic E-state index is 0.0660. The normalized spacial score (nSPS) is 20.0. The van der Waals surface area contributed by atoms with Crippen molar-refractivity contribution < 1.29 is 28.0 Å². The maximum absolute atomic E-state index is 14.6. The van der Waals surface area contributed by atoms with E-state index < -0.39 is 35.8 Å². The molecule has 39 heavy (non-hydrogen) atoms. The van der Waals surface area contributed by atoms with Crippen molar-refractivity contribution in [2.75, 3.05) is 13.1 Å². The number of ether oxygens (including phenoxy) is 1. The topological polar surface area (TPSA) is 101 Å². The molecule has 0 aliphatic carbocycles. The number of rotatable bonds is 4. The molecule has 2 aliphatic rings. The van der Waals surface area contributed by atoms with Gasteiger partial charge >= 0.3 is 13.2 Å². The Morgan fingerprint density at radius 3 is 2.38 bits per heavy atom. The quantitative estimate of drug-likeness (QED) is 0.583. The average molecular weight is 535 g/mol. The third-order valence-electron chi connectivity index (χ3n) is 7.40. The van der Waals surface area contributed by atoms with Crippen LogP contribution in [0, 0.1) is 17.1 Å². The molecular formula is C29H35BFN3O5. The monoisotopic (exact) mass is 535 g/mol. The predicted octanol–water partition coefficient (Wildman–Crippen LogP) is 4.40. The fraction of sp³-hybridized carbons (Fsp3) is 0.483. The summed E-state index contributed by atoms with van der Waals surface area (Å²) in [7, 11) is -0.734. The molecular weight excluding hydrogens is 500 g/mol. The predicted molar refractivity (Wildman–Crippen MR) is 146 cm³/mol. The fourth-order valence-corrected chi connectivity index (χ4v) is 4.61. The van der Waals surface area contributed by atoms with Crippen LogP contribution in [0.1, 0.15) is 70.8 Å². The van der Waals surface area contributed by atoms with E-state index in [1.165, 1.54) is 12.1 Å². The Morgan fingerprint density at radius 1 is 1.13 bits per heavy atom. The first-order chi connectivity index (χ1) is 18.1. The van der Waals surface area contributed by atoms with Crippen molar-refractivity contribution in [3.05, 3.63) is 53.3 Å². The third-order valence-corrected chi connectivity index (χ3v) is 7.40. The summed E-state index contributed by atoms with van der Waals surface area (Å²) in [6.45, 7) is 14.0. The van der Waals surface area contributed by atoms with Gasteiger partial charge in [-0.3, -0.25) is 4.79 Å². The van der Waals surface area contributed by atoms with Gasteiger partial charge in [0.25, 0.3) is 5.91 Å². The largest absolute Gasteiger partial charge is 0.495 e. The molecule has 2 heterocycles. The van der Waals surface area contributed by atoms with Gasteiger partial charge < -0.3 is 24.3 Å². The van der Waals surface area contributed by atoms with E-state index in [9.17, 15) is 19.2 Å². The molecule has 1 unspecified atom stereocenters. The zero-order valence-electron chi connectivity index (χ0n) is 23.6. The van der Waals surface area contributed by atoms with E-state index in [0.29, 0.717) is 41.7 Å². The molecule has 1 N–H and O–H groups in total. The summed E-state index contributed by atoms with van der Waals surface area (Å²) < 4.78 is 32.5. The van der Waals surface area contributed by atoms with Crippen LogP contribution in [0.5, 0.6) is 0 Å². The van der Waals surface area contributed by atoms with Gasteiger partial charge in [0.2, 0.25) is 0 Å². The number of alkyl carbamates (subject to hydrolysis) is 1. The number of hydrogen-bond donors (Lipinski definition) is 1. The lowest BCUT2D eigenvalue weighted by Crippen LogP contribution is -2.41. The Hall–Kier alpha value is -3.42. The number of likely N-dealkylation sites (tertiary alicyclic amines) is 1. The first-order valence-corrected chi connectivity index (χ1v) is 13.1. The molecule has 0 radical (unpaired) electrons. The zero-order valence-corrected chi connectivity index (χ0v) is 23.6. The Morgan fingerprint density at radius 2 is 1.79 bits per heavy atom. The maximum Gasteiger partial charge on any atom is 0.495 e. The van der Waals surface area contributed by atoms with Crippen molar-refractivity contribution >= 4 is 24.6 Å². The van der Waals surface area contributed by atoms with Gasteiger partial charge in [0.15, 0.2) is 0 Å². The molecule has 2 aliphatic heterocycles. The summed E-state index contributed by atoms with van der Waals surface area (Å²) in [6.07, 6.45) is 0.0868. The van der Waals surface area contributed by atoms with Gasteiger partial charge in [-0.15, -0.1) is 0 Å². The third kappa shape index (κ3) is 6.10. The molecule has 10 heteroatoms. The van der Waals surface area contributed by atoms with Gasteiger partial charge in [0.05, 0.1) is 22.8 Å².